The lowest BCUT2D eigenvalue weighted by Gasteiger charge is -2.35. The number of carboxylic acid groups (broad SMARTS) is 1. The zero-order valence-electron chi connectivity index (χ0n) is 24.4. The predicted molar refractivity (Wildman–Crippen MR) is 162 cm³/mol. The Kier molecular flexibility index (Phi) is 9.25. The quantitative estimate of drug-likeness (QED) is 0.204. The highest BCUT2D eigenvalue weighted by Crippen LogP contribution is 2.37. The SMILES string of the molecule is CCC(C(=O)O)n1c2c(c3cc(F)ccc31)C[C@@H](N(CCCc1ccccc1)C(=O)CCc1ccccc1OC)CC2. The summed E-state index contributed by atoms with van der Waals surface area (Å²) in [6, 6.07) is 21.9. The van der Waals surface area contributed by atoms with E-state index in [9.17, 15) is 19.1 Å². The number of para-hydroxylation sites is 1. The van der Waals surface area contributed by atoms with Gasteiger partial charge in [0.15, 0.2) is 0 Å². The van der Waals surface area contributed by atoms with E-state index < -0.39 is 12.0 Å². The largest absolute Gasteiger partial charge is 0.496 e. The van der Waals surface area contributed by atoms with Gasteiger partial charge in [-0.2, -0.15) is 0 Å². The molecule has 1 aromatic heterocycles. The van der Waals surface area contributed by atoms with E-state index in [1.807, 2.05) is 58.9 Å². The summed E-state index contributed by atoms with van der Waals surface area (Å²) in [4.78, 5) is 28.1. The molecule has 1 aliphatic rings. The Morgan fingerprint density at radius 1 is 1.07 bits per heavy atom. The van der Waals surface area contributed by atoms with Crippen LogP contribution in [0.25, 0.3) is 10.9 Å². The molecule has 1 N–H and O–H groups in total. The van der Waals surface area contributed by atoms with Crippen molar-refractivity contribution < 1.29 is 23.8 Å². The van der Waals surface area contributed by atoms with E-state index in [2.05, 4.69) is 12.1 Å². The van der Waals surface area contributed by atoms with Crippen molar-refractivity contribution in [2.24, 2.45) is 0 Å². The Morgan fingerprint density at radius 2 is 1.83 bits per heavy atom. The number of fused-ring (bicyclic) bond motifs is 3. The van der Waals surface area contributed by atoms with Gasteiger partial charge in [-0.25, -0.2) is 9.18 Å². The van der Waals surface area contributed by atoms with E-state index in [0.29, 0.717) is 38.6 Å². The molecular weight excluding hydrogens is 531 g/mol. The molecule has 0 bridgehead atoms. The van der Waals surface area contributed by atoms with Crippen LogP contribution in [0.3, 0.4) is 0 Å². The van der Waals surface area contributed by atoms with Crippen LogP contribution in [0.2, 0.25) is 0 Å². The topological polar surface area (TPSA) is 71.8 Å². The number of methoxy groups -OCH3 is 1. The van der Waals surface area contributed by atoms with Gasteiger partial charge in [0.25, 0.3) is 0 Å². The van der Waals surface area contributed by atoms with Crippen LogP contribution in [-0.2, 0) is 35.3 Å². The highest BCUT2D eigenvalue weighted by atomic mass is 19.1. The van der Waals surface area contributed by atoms with Gasteiger partial charge in [0.2, 0.25) is 5.91 Å². The second-order valence-electron chi connectivity index (χ2n) is 11.1. The van der Waals surface area contributed by atoms with E-state index in [-0.39, 0.29) is 17.8 Å². The lowest BCUT2D eigenvalue weighted by molar-refractivity contribution is -0.141. The van der Waals surface area contributed by atoms with Crippen LogP contribution in [0, 0.1) is 5.82 Å². The van der Waals surface area contributed by atoms with Crippen molar-refractivity contribution in [3.05, 3.63) is 101 Å². The van der Waals surface area contributed by atoms with E-state index in [1.54, 1.807) is 13.2 Å². The zero-order chi connectivity index (χ0) is 29.6. The predicted octanol–water partition coefficient (Wildman–Crippen LogP) is 6.78. The molecule has 5 rings (SSSR count). The Morgan fingerprint density at radius 3 is 2.57 bits per heavy atom. The van der Waals surface area contributed by atoms with Gasteiger partial charge in [0.05, 0.1) is 7.11 Å². The summed E-state index contributed by atoms with van der Waals surface area (Å²) in [7, 11) is 1.64. The molecule has 3 aromatic carbocycles. The highest BCUT2D eigenvalue weighted by Gasteiger charge is 2.33. The lowest BCUT2D eigenvalue weighted by Crippen LogP contribution is -2.44. The summed E-state index contributed by atoms with van der Waals surface area (Å²) in [6.07, 6.45) is 5.02. The first-order valence-electron chi connectivity index (χ1n) is 14.9. The standard InChI is InChI=1S/C35H39FN2O4/c1-3-30(35(40)41)38-31-18-16-26(36)22-28(31)29-23-27(17-19-32(29)38)37(21-9-12-24-10-5-4-6-11-24)34(39)20-15-25-13-7-8-14-33(25)42-2/h4-8,10-11,13-14,16,18,22,27,30H,3,9,12,15,17,19-21,23H2,1-2H3,(H,40,41)/t27-,30?/m0/s1. The molecule has 6 nitrogen and oxygen atoms in total. The Hall–Kier alpha value is -4.13. The molecule has 220 valence electrons. The number of aryl methyl sites for hydroxylation is 2. The third-order valence-corrected chi connectivity index (χ3v) is 8.59. The van der Waals surface area contributed by atoms with Crippen LogP contribution < -0.4 is 4.74 Å². The van der Waals surface area contributed by atoms with Crippen molar-refractivity contribution in [3.63, 3.8) is 0 Å². The van der Waals surface area contributed by atoms with Crippen LogP contribution in [0.1, 0.15) is 61.0 Å². The Labute approximate surface area is 246 Å². The molecule has 1 heterocycles. The first-order valence-corrected chi connectivity index (χ1v) is 14.9. The maximum atomic E-state index is 14.5. The molecule has 7 heteroatoms. The van der Waals surface area contributed by atoms with E-state index in [4.69, 9.17) is 4.74 Å². The Bertz CT molecular complexity index is 1550. The second-order valence-corrected chi connectivity index (χ2v) is 11.1. The molecule has 0 fully saturated rings. The van der Waals surface area contributed by atoms with Crippen LogP contribution in [0.4, 0.5) is 4.39 Å². The third-order valence-electron chi connectivity index (χ3n) is 8.59. The first kappa shape index (κ1) is 29.4. The fourth-order valence-corrected chi connectivity index (χ4v) is 6.54. The van der Waals surface area contributed by atoms with Gasteiger partial charge in [-0.3, -0.25) is 4.79 Å². The molecule has 0 radical (unpaired) electrons. The van der Waals surface area contributed by atoms with Crippen LogP contribution in [0.15, 0.2) is 72.8 Å². The fraction of sp³-hybridized carbons (Fsp3) is 0.371. The van der Waals surface area contributed by atoms with Gasteiger partial charge in [-0.1, -0.05) is 55.5 Å². The number of hydrogen-bond acceptors (Lipinski definition) is 3. The first-order chi connectivity index (χ1) is 20.4. The number of hydrogen-bond donors (Lipinski definition) is 1. The van der Waals surface area contributed by atoms with Gasteiger partial charge >= 0.3 is 5.97 Å². The number of amides is 1. The van der Waals surface area contributed by atoms with Crippen LogP contribution in [-0.4, -0.2) is 46.1 Å². The van der Waals surface area contributed by atoms with E-state index >= 15 is 0 Å². The van der Waals surface area contributed by atoms with E-state index in [0.717, 1.165) is 52.7 Å². The molecule has 42 heavy (non-hydrogen) atoms. The normalized spacial score (nSPS) is 15.3. The smallest absolute Gasteiger partial charge is 0.326 e. The number of carbonyl (C=O) groups excluding carboxylic acids is 1. The molecular formula is C35H39FN2O4. The van der Waals surface area contributed by atoms with Crippen LogP contribution >= 0.6 is 0 Å². The molecule has 1 unspecified atom stereocenters. The summed E-state index contributed by atoms with van der Waals surface area (Å²) in [5.74, 6) is -0.366. The monoisotopic (exact) mass is 570 g/mol. The summed E-state index contributed by atoms with van der Waals surface area (Å²) in [5.41, 5.74) is 4.90. The van der Waals surface area contributed by atoms with Crippen molar-refractivity contribution in [1.29, 1.82) is 0 Å². The van der Waals surface area contributed by atoms with Crippen molar-refractivity contribution in [2.45, 2.75) is 70.4 Å². The second kappa shape index (κ2) is 13.2. The maximum Gasteiger partial charge on any atom is 0.326 e. The molecule has 2 atom stereocenters. The molecule has 0 saturated carbocycles. The third kappa shape index (κ3) is 6.20. The number of aliphatic carboxylic acids is 1. The molecule has 0 spiro atoms. The van der Waals surface area contributed by atoms with Crippen molar-refractivity contribution in [2.75, 3.05) is 13.7 Å². The average molecular weight is 571 g/mol. The number of nitrogens with zero attached hydrogens (tertiary/aromatic N) is 2. The fourth-order valence-electron chi connectivity index (χ4n) is 6.54. The maximum absolute atomic E-state index is 14.5. The zero-order valence-corrected chi connectivity index (χ0v) is 24.4. The molecule has 0 saturated heterocycles. The molecule has 0 aliphatic heterocycles. The van der Waals surface area contributed by atoms with Gasteiger partial charge < -0.3 is 19.3 Å². The van der Waals surface area contributed by atoms with Crippen LogP contribution in [0.5, 0.6) is 5.75 Å². The number of benzene rings is 3. The minimum atomic E-state index is -0.891. The number of carbonyl (C=O) groups is 2. The number of aromatic nitrogens is 1. The minimum absolute atomic E-state index is 0.0503. The summed E-state index contributed by atoms with van der Waals surface area (Å²) in [5, 5.41) is 10.7. The number of halogens is 1. The average Bonchev–Trinajstić information content (AvgIpc) is 3.31. The van der Waals surface area contributed by atoms with Gasteiger partial charge in [0, 0.05) is 35.6 Å². The van der Waals surface area contributed by atoms with Crippen molar-refractivity contribution >= 4 is 22.8 Å². The minimum Gasteiger partial charge on any atom is -0.496 e. The number of rotatable bonds is 12. The molecule has 1 amide bonds. The Balaban J connectivity index is 1.43. The summed E-state index contributed by atoms with van der Waals surface area (Å²) >= 11 is 0. The van der Waals surface area contributed by atoms with Gasteiger partial charge in [0.1, 0.15) is 17.6 Å². The summed E-state index contributed by atoms with van der Waals surface area (Å²) in [6.45, 7) is 2.49. The van der Waals surface area contributed by atoms with Crippen molar-refractivity contribution in [1.82, 2.24) is 9.47 Å². The van der Waals surface area contributed by atoms with Crippen molar-refractivity contribution in [3.8, 4) is 5.75 Å². The molecule has 1 aliphatic carbocycles. The highest BCUT2D eigenvalue weighted by molar-refractivity contribution is 5.88. The molecule has 4 aromatic rings. The van der Waals surface area contributed by atoms with E-state index in [1.165, 1.54) is 17.7 Å². The van der Waals surface area contributed by atoms with Gasteiger partial charge in [-0.15, -0.1) is 0 Å². The number of ether oxygens (including phenoxy) is 1. The summed E-state index contributed by atoms with van der Waals surface area (Å²) < 4.78 is 21.9. The van der Waals surface area contributed by atoms with Gasteiger partial charge in [-0.05, 0) is 85.9 Å². The lowest BCUT2D eigenvalue weighted by atomic mass is 9.89. The number of carboxylic acids is 1.